The second kappa shape index (κ2) is 5.75. The van der Waals surface area contributed by atoms with Gasteiger partial charge in [-0.1, -0.05) is 27.5 Å². The third-order valence-corrected chi connectivity index (χ3v) is 3.79. The van der Waals surface area contributed by atoms with Gasteiger partial charge in [-0.15, -0.1) is 0 Å². The number of anilines is 2. The maximum atomic E-state index is 8.81. The summed E-state index contributed by atoms with van der Waals surface area (Å²) in [5.74, 6) is 0. The van der Waals surface area contributed by atoms with Crippen molar-refractivity contribution in [2.45, 2.75) is 0 Å². The monoisotopic (exact) mass is 384 g/mol. The molecule has 0 bridgehead atoms. The lowest BCUT2D eigenvalue weighted by Crippen LogP contribution is -1.92. The van der Waals surface area contributed by atoms with Crippen LogP contribution in [0, 0.1) is 11.3 Å². The van der Waals surface area contributed by atoms with Crippen LogP contribution in [0.2, 0.25) is 5.02 Å². The van der Waals surface area contributed by atoms with Crippen LogP contribution in [0.1, 0.15) is 5.56 Å². The molecule has 0 aromatic heterocycles. The van der Waals surface area contributed by atoms with Crippen molar-refractivity contribution in [1.29, 1.82) is 5.26 Å². The Bertz CT molecular complexity index is 635. The van der Waals surface area contributed by atoms with Crippen LogP contribution >= 0.6 is 43.5 Å². The molecule has 2 aromatic rings. The summed E-state index contributed by atoms with van der Waals surface area (Å²) in [6.45, 7) is 0. The SMILES string of the molecule is N#Cc1ccc(Nc2cc(Br)ccc2Br)cc1Cl. The third-order valence-electron chi connectivity index (χ3n) is 2.30. The molecule has 0 saturated heterocycles. The predicted octanol–water partition coefficient (Wildman–Crippen LogP) is 5.48. The zero-order valence-corrected chi connectivity index (χ0v) is 13.0. The number of halogens is 3. The molecule has 18 heavy (non-hydrogen) atoms. The van der Waals surface area contributed by atoms with Crippen molar-refractivity contribution in [2.24, 2.45) is 0 Å². The summed E-state index contributed by atoms with van der Waals surface area (Å²) in [7, 11) is 0. The molecule has 0 heterocycles. The van der Waals surface area contributed by atoms with E-state index in [-0.39, 0.29) is 0 Å². The van der Waals surface area contributed by atoms with E-state index in [1.807, 2.05) is 30.3 Å². The average Bonchev–Trinajstić information content (AvgIpc) is 2.34. The molecule has 0 aliphatic carbocycles. The Labute approximate surface area is 127 Å². The van der Waals surface area contributed by atoms with Gasteiger partial charge in [0.2, 0.25) is 0 Å². The summed E-state index contributed by atoms with van der Waals surface area (Å²) in [5.41, 5.74) is 2.22. The first-order valence-corrected chi connectivity index (χ1v) is 6.98. The summed E-state index contributed by atoms with van der Waals surface area (Å²) >= 11 is 12.9. The molecule has 0 spiro atoms. The standard InChI is InChI=1S/C13H7Br2ClN2/c14-9-2-4-11(15)13(5-9)18-10-3-1-8(7-17)12(16)6-10/h1-6,18H. The van der Waals surface area contributed by atoms with Crippen molar-refractivity contribution in [3.05, 3.63) is 55.9 Å². The molecule has 90 valence electrons. The van der Waals surface area contributed by atoms with E-state index in [4.69, 9.17) is 16.9 Å². The number of rotatable bonds is 2. The number of nitriles is 1. The molecule has 5 heteroatoms. The lowest BCUT2D eigenvalue weighted by Gasteiger charge is -2.09. The van der Waals surface area contributed by atoms with Crippen molar-refractivity contribution in [2.75, 3.05) is 5.32 Å². The quantitative estimate of drug-likeness (QED) is 0.742. The van der Waals surface area contributed by atoms with Crippen LogP contribution in [-0.2, 0) is 0 Å². The fourth-order valence-electron chi connectivity index (χ4n) is 1.43. The van der Waals surface area contributed by atoms with Crippen molar-refractivity contribution in [3.8, 4) is 6.07 Å². The van der Waals surface area contributed by atoms with Crippen molar-refractivity contribution < 1.29 is 0 Å². The Morgan fingerprint density at radius 2 is 1.89 bits per heavy atom. The summed E-state index contributed by atoms with van der Waals surface area (Å²) < 4.78 is 1.93. The van der Waals surface area contributed by atoms with Gasteiger partial charge < -0.3 is 5.32 Å². The number of nitrogens with zero attached hydrogens (tertiary/aromatic N) is 1. The van der Waals surface area contributed by atoms with Crippen LogP contribution < -0.4 is 5.32 Å². The highest BCUT2D eigenvalue weighted by Crippen LogP contribution is 2.30. The average molecular weight is 386 g/mol. The van der Waals surface area contributed by atoms with E-state index in [9.17, 15) is 0 Å². The van der Waals surface area contributed by atoms with Crippen LogP contribution in [0.4, 0.5) is 11.4 Å². The molecule has 2 rings (SSSR count). The Morgan fingerprint density at radius 1 is 1.11 bits per heavy atom. The molecule has 0 radical (unpaired) electrons. The van der Waals surface area contributed by atoms with Gasteiger partial charge >= 0.3 is 0 Å². The normalized spacial score (nSPS) is 9.89. The first-order valence-electron chi connectivity index (χ1n) is 5.02. The molecule has 0 saturated carbocycles. The molecule has 2 aromatic carbocycles. The molecule has 0 aliphatic heterocycles. The Morgan fingerprint density at radius 3 is 2.56 bits per heavy atom. The van der Waals surface area contributed by atoms with Crippen molar-refractivity contribution in [3.63, 3.8) is 0 Å². The fourth-order valence-corrected chi connectivity index (χ4v) is 2.36. The highest BCUT2D eigenvalue weighted by Gasteiger charge is 2.04. The smallest absolute Gasteiger partial charge is 0.101 e. The largest absolute Gasteiger partial charge is 0.355 e. The van der Waals surface area contributed by atoms with Gasteiger partial charge in [0.25, 0.3) is 0 Å². The molecule has 1 N–H and O–H groups in total. The zero-order chi connectivity index (χ0) is 13.1. The molecule has 2 nitrogen and oxygen atoms in total. The van der Waals surface area contributed by atoms with E-state index in [0.29, 0.717) is 10.6 Å². The van der Waals surface area contributed by atoms with E-state index in [2.05, 4.69) is 37.2 Å². The Kier molecular flexibility index (Phi) is 4.28. The topological polar surface area (TPSA) is 35.8 Å². The number of hydrogen-bond donors (Lipinski definition) is 1. The minimum absolute atomic E-state index is 0.439. The first kappa shape index (κ1) is 13.4. The van der Waals surface area contributed by atoms with Gasteiger partial charge in [0.15, 0.2) is 0 Å². The summed E-state index contributed by atoms with van der Waals surface area (Å²) in [5, 5.41) is 12.5. The maximum Gasteiger partial charge on any atom is 0.101 e. The molecule has 0 unspecified atom stereocenters. The second-order valence-corrected chi connectivity index (χ2v) is 5.73. The molecule has 0 aliphatic rings. The van der Waals surface area contributed by atoms with E-state index in [1.165, 1.54) is 0 Å². The van der Waals surface area contributed by atoms with Gasteiger partial charge in [-0.3, -0.25) is 0 Å². The van der Waals surface area contributed by atoms with Gasteiger partial charge in [0.1, 0.15) is 6.07 Å². The van der Waals surface area contributed by atoms with Gasteiger partial charge in [-0.25, -0.2) is 0 Å². The second-order valence-electron chi connectivity index (χ2n) is 3.56. The van der Waals surface area contributed by atoms with E-state index >= 15 is 0 Å². The summed E-state index contributed by atoms with van der Waals surface area (Å²) in [6.07, 6.45) is 0. The van der Waals surface area contributed by atoms with Gasteiger partial charge in [0, 0.05) is 14.6 Å². The Hall–Kier alpha value is -1.02. The summed E-state index contributed by atoms with van der Waals surface area (Å²) in [4.78, 5) is 0. The van der Waals surface area contributed by atoms with Crippen LogP contribution in [-0.4, -0.2) is 0 Å². The molecule has 0 fully saturated rings. The predicted molar refractivity (Wildman–Crippen MR) is 81.3 cm³/mol. The minimum atomic E-state index is 0.439. The van der Waals surface area contributed by atoms with Crippen molar-refractivity contribution >= 4 is 54.8 Å². The third kappa shape index (κ3) is 3.05. The van der Waals surface area contributed by atoms with Crippen LogP contribution in [0.3, 0.4) is 0 Å². The van der Waals surface area contributed by atoms with Gasteiger partial charge in [-0.05, 0) is 52.3 Å². The fraction of sp³-hybridized carbons (Fsp3) is 0. The Balaban J connectivity index is 2.32. The van der Waals surface area contributed by atoms with Crippen LogP contribution in [0.5, 0.6) is 0 Å². The number of hydrogen-bond acceptors (Lipinski definition) is 2. The molecule has 0 atom stereocenters. The molecular weight excluding hydrogens is 379 g/mol. The van der Waals surface area contributed by atoms with Gasteiger partial charge in [0.05, 0.1) is 16.3 Å². The van der Waals surface area contributed by atoms with Gasteiger partial charge in [-0.2, -0.15) is 5.26 Å². The highest BCUT2D eigenvalue weighted by atomic mass is 79.9. The van der Waals surface area contributed by atoms with Crippen LogP contribution in [0.15, 0.2) is 45.3 Å². The number of nitrogens with one attached hydrogen (secondary N) is 1. The lowest BCUT2D eigenvalue weighted by molar-refractivity contribution is 1.47. The zero-order valence-electron chi connectivity index (χ0n) is 9.05. The lowest BCUT2D eigenvalue weighted by atomic mass is 10.2. The maximum absolute atomic E-state index is 8.81. The first-order chi connectivity index (χ1) is 8.60. The van der Waals surface area contributed by atoms with E-state index in [1.54, 1.807) is 12.1 Å². The van der Waals surface area contributed by atoms with Crippen LogP contribution in [0.25, 0.3) is 0 Å². The number of benzene rings is 2. The highest BCUT2D eigenvalue weighted by molar-refractivity contribution is 9.11. The summed E-state index contributed by atoms with van der Waals surface area (Å²) in [6, 6.07) is 13.1. The molecular formula is C13H7Br2ClN2. The molecule has 0 amide bonds. The van der Waals surface area contributed by atoms with E-state index in [0.717, 1.165) is 20.3 Å². The van der Waals surface area contributed by atoms with Crippen molar-refractivity contribution in [1.82, 2.24) is 0 Å². The minimum Gasteiger partial charge on any atom is -0.355 e. The van der Waals surface area contributed by atoms with E-state index < -0.39 is 0 Å².